The molecule has 0 aromatic heterocycles. The van der Waals surface area contributed by atoms with E-state index in [-0.39, 0.29) is 6.54 Å². The summed E-state index contributed by atoms with van der Waals surface area (Å²) < 4.78 is 5.17. The molecular formula is C21H24N2O5. The molecule has 0 heterocycles. The number of carbonyl (C=O) groups is 3. The Morgan fingerprint density at radius 2 is 1.71 bits per heavy atom. The number of hydrogen-bond acceptors (Lipinski definition) is 4. The number of carboxylic acids is 1. The molecule has 2 aromatic rings. The van der Waals surface area contributed by atoms with Gasteiger partial charge in [0.25, 0.3) is 5.91 Å². The molecule has 3 N–H and O–H groups in total. The van der Waals surface area contributed by atoms with Gasteiger partial charge >= 0.3 is 12.1 Å². The van der Waals surface area contributed by atoms with E-state index in [1.54, 1.807) is 75.4 Å². The van der Waals surface area contributed by atoms with E-state index in [4.69, 9.17) is 4.74 Å². The summed E-state index contributed by atoms with van der Waals surface area (Å²) >= 11 is 0. The van der Waals surface area contributed by atoms with Crippen molar-refractivity contribution in [3.05, 3.63) is 71.3 Å². The molecule has 0 saturated heterocycles. The molecule has 28 heavy (non-hydrogen) atoms. The molecular weight excluding hydrogens is 360 g/mol. The fourth-order valence-corrected chi connectivity index (χ4v) is 2.46. The number of hydrogen-bond donors (Lipinski definition) is 3. The lowest BCUT2D eigenvalue weighted by atomic mass is 10.1. The number of nitrogens with one attached hydrogen (secondary N) is 2. The van der Waals surface area contributed by atoms with Crippen LogP contribution in [0.25, 0.3) is 0 Å². The monoisotopic (exact) mass is 384 g/mol. The van der Waals surface area contributed by atoms with Gasteiger partial charge in [0.15, 0.2) is 6.04 Å². The van der Waals surface area contributed by atoms with E-state index in [2.05, 4.69) is 10.6 Å². The molecule has 0 bridgehead atoms. The normalized spacial score (nSPS) is 12.0. The highest BCUT2D eigenvalue weighted by Crippen LogP contribution is 2.15. The number of alkyl carbamates (subject to hydrolysis) is 1. The Kier molecular flexibility index (Phi) is 6.76. The fourth-order valence-electron chi connectivity index (χ4n) is 2.46. The largest absolute Gasteiger partial charge is 0.479 e. The van der Waals surface area contributed by atoms with Crippen LogP contribution in [0.4, 0.5) is 4.79 Å². The first-order valence-electron chi connectivity index (χ1n) is 8.80. The van der Waals surface area contributed by atoms with E-state index in [0.717, 1.165) is 0 Å². The van der Waals surface area contributed by atoms with Crippen molar-refractivity contribution >= 4 is 18.0 Å². The predicted octanol–water partition coefficient (Wildman–Crippen LogP) is 3.27. The highest BCUT2D eigenvalue weighted by Gasteiger charge is 2.22. The maximum absolute atomic E-state index is 12.5. The highest BCUT2D eigenvalue weighted by atomic mass is 16.6. The maximum Gasteiger partial charge on any atom is 0.407 e. The van der Waals surface area contributed by atoms with Gasteiger partial charge in [-0.15, -0.1) is 0 Å². The number of rotatable bonds is 6. The standard InChI is InChI=1S/C21H24N2O5/c1-21(2,3)28-20(27)22-13-14-8-7-11-16(12-14)18(24)23-17(19(25)26)15-9-5-4-6-10-15/h4-12,17H,13H2,1-3H3,(H,22,27)(H,23,24)(H,25,26)/t17-/m1/s1. The SMILES string of the molecule is CC(C)(C)OC(=O)NCc1cccc(C(=O)N[C@@H](C(=O)O)c2ccccc2)c1. The van der Waals surface area contributed by atoms with Crippen LogP contribution in [0.1, 0.15) is 48.3 Å². The average Bonchev–Trinajstić information content (AvgIpc) is 2.63. The lowest BCUT2D eigenvalue weighted by molar-refractivity contribution is -0.139. The summed E-state index contributed by atoms with van der Waals surface area (Å²) in [5.74, 6) is -1.67. The van der Waals surface area contributed by atoms with E-state index < -0.39 is 29.6 Å². The molecule has 7 nitrogen and oxygen atoms in total. The molecule has 7 heteroatoms. The van der Waals surface area contributed by atoms with E-state index >= 15 is 0 Å². The summed E-state index contributed by atoms with van der Waals surface area (Å²) in [5, 5.41) is 14.6. The van der Waals surface area contributed by atoms with Crippen molar-refractivity contribution in [3.63, 3.8) is 0 Å². The van der Waals surface area contributed by atoms with Gasteiger partial charge in [-0.05, 0) is 44.0 Å². The van der Waals surface area contributed by atoms with Crippen molar-refractivity contribution in [2.45, 2.75) is 39.0 Å². The third kappa shape index (κ3) is 6.42. The van der Waals surface area contributed by atoms with E-state index in [9.17, 15) is 19.5 Å². The van der Waals surface area contributed by atoms with E-state index in [1.165, 1.54) is 0 Å². The highest BCUT2D eigenvalue weighted by molar-refractivity contribution is 5.97. The van der Waals surface area contributed by atoms with Gasteiger partial charge in [0, 0.05) is 12.1 Å². The third-order valence-corrected chi connectivity index (χ3v) is 3.68. The van der Waals surface area contributed by atoms with Gasteiger partial charge in [0.1, 0.15) is 5.60 Å². The third-order valence-electron chi connectivity index (χ3n) is 3.68. The fraction of sp³-hybridized carbons (Fsp3) is 0.286. The second-order valence-electron chi connectivity index (χ2n) is 7.21. The zero-order valence-corrected chi connectivity index (χ0v) is 16.1. The van der Waals surface area contributed by atoms with Crippen LogP contribution < -0.4 is 10.6 Å². The molecule has 0 unspecified atom stereocenters. The summed E-state index contributed by atoms with van der Waals surface area (Å²) in [7, 11) is 0. The van der Waals surface area contributed by atoms with Crippen LogP contribution in [0.3, 0.4) is 0 Å². The Balaban J connectivity index is 2.05. The Morgan fingerprint density at radius 3 is 2.32 bits per heavy atom. The van der Waals surface area contributed by atoms with Crippen molar-refractivity contribution in [2.24, 2.45) is 0 Å². The van der Waals surface area contributed by atoms with Crippen LogP contribution in [0.5, 0.6) is 0 Å². The number of benzene rings is 2. The van der Waals surface area contributed by atoms with Crippen molar-refractivity contribution in [1.82, 2.24) is 10.6 Å². The molecule has 2 aromatic carbocycles. The number of carbonyl (C=O) groups excluding carboxylic acids is 2. The molecule has 1 atom stereocenters. The van der Waals surface area contributed by atoms with Gasteiger partial charge in [-0.3, -0.25) is 4.79 Å². The van der Waals surface area contributed by atoms with Crippen LogP contribution in [0.15, 0.2) is 54.6 Å². The number of ether oxygens (including phenoxy) is 1. The minimum atomic E-state index is -1.16. The van der Waals surface area contributed by atoms with Crippen LogP contribution in [-0.4, -0.2) is 28.7 Å². The lowest BCUT2D eigenvalue weighted by Gasteiger charge is -2.19. The molecule has 0 saturated carbocycles. The van der Waals surface area contributed by atoms with Gasteiger partial charge in [-0.2, -0.15) is 0 Å². The zero-order chi connectivity index (χ0) is 20.7. The second-order valence-corrected chi connectivity index (χ2v) is 7.21. The van der Waals surface area contributed by atoms with Gasteiger partial charge in [0.2, 0.25) is 0 Å². The first kappa shape index (κ1) is 21.0. The van der Waals surface area contributed by atoms with Crippen LogP contribution >= 0.6 is 0 Å². The van der Waals surface area contributed by atoms with Crippen molar-refractivity contribution in [3.8, 4) is 0 Å². The molecule has 0 aliphatic carbocycles. The molecule has 0 spiro atoms. The summed E-state index contributed by atoms with van der Waals surface area (Å²) in [6.07, 6.45) is -0.558. The van der Waals surface area contributed by atoms with Gasteiger partial charge < -0.3 is 20.5 Å². The Labute approximate surface area is 163 Å². The smallest absolute Gasteiger partial charge is 0.407 e. The van der Waals surface area contributed by atoms with Crippen molar-refractivity contribution < 1.29 is 24.2 Å². The Hall–Kier alpha value is -3.35. The first-order valence-corrected chi connectivity index (χ1v) is 8.80. The zero-order valence-electron chi connectivity index (χ0n) is 16.1. The second kappa shape index (κ2) is 9.03. The molecule has 0 aliphatic heterocycles. The summed E-state index contributed by atoms with van der Waals surface area (Å²) in [5.41, 5.74) is 0.858. The average molecular weight is 384 g/mol. The number of amides is 2. The molecule has 148 valence electrons. The molecule has 0 radical (unpaired) electrons. The minimum Gasteiger partial charge on any atom is -0.479 e. The molecule has 2 rings (SSSR count). The van der Waals surface area contributed by atoms with Crippen LogP contribution in [-0.2, 0) is 16.1 Å². The maximum atomic E-state index is 12.5. The Bertz CT molecular complexity index is 843. The van der Waals surface area contributed by atoms with Crippen LogP contribution in [0, 0.1) is 0 Å². The summed E-state index contributed by atoms with van der Waals surface area (Å²) in [6.45, 7) is 5.48. The van der Waals surface area contributed by atoms with Crippen molar-refractivity contribution in [2.75, 3.05) is 0 Å². The molecule has 0 fully saturated rings. The molecule has 0 aliphatic rings. The summed E-state index contributed by atoms with van der Waals surface area (Å²) in [4.78, 5) is 35.8. The number of carboxylic acid groups (broad SMARTS) is 1. The Morgan fingerprint density at radius 1 is 1.04 bits per heavy atom. The van der Waals surface area contributed by atoms with Crippen molar-refractivity contribution in [1.29, 1.82) is 0 Å². The quantitative estimate of drug-likeness (QED) is 0.709. The van der Waals surface area contributed by atoms with Gasteiger partial charge in [-0.25, -0.2) is 9.59 Å². The van der Waals surface area contributed by atoms with Crippen LogP contribution in [0.2, 0.25) is 0 Å². The van der Waals surface area contributed by atoms with E-state index in [0.29, 0.717) is 16.7 Å². The first-order chi connectivity index (χ1) is 13.2. The van der Waals surface area contributed by atoms with E-state index in [1.807, 2.05) is 0 Å². The lowest BCUT2D eigenvalue weighted by Crippen LogP contribution is -2.34. The number of aliphatic carboxylic acids is 1. The van der Waals surface area contributed by atoms with Gasteiger partial charge in [-0.1, -0.05) is 42.5 Å². The summed E-state index contributed by atoms with van der Waals surface area (Å²) in [6, 6.07) is 13.9. The topological polar surface area (TPSA) is 105 Å². The van der Waals surface area contributed by atoms with Gasteiger partial charge in [0.05, 0.1) is 0 Å². The minimum absolute atomic E-state index is 0.178. The molecule has 2 amide bonds. The predicted molar refractivity (Wildman–Crippen MR) is 104 cm³/mol.